The van der Waals surface area contributed by atoms with Gasteiger partial charge in [0.05, 0.1) is 29.5 Å². The van der Waals surface area contributed by atoms with Crippen LogP contribution in [0.2, 0.25) is 10.0 Å². The predicted octanol–water partition coefficient (Wildman–Crippen LogP) is 3.41. The monoisotopic (exact) mass is 558 g/mol. The molecule has 2 N–H and O–H groups in total. The molecule has 0 aromatic heterocycles. The highest BCUT2D eigenvalue weighted by Gasteiger charge is 2.70. The second-order valence-electron chi connectivity index (χ2n) is 10.2. The molecule has 7 rings (SSSR count). The Kier molecular flexibility index (Phi) is 5.66. The number of rotatable bonds is 4. The highest BCUT2D eigenvalue weighted by Crippen LogP contribution is 2.60. The molecule has 2 unspecified atom stereocenters. The van der Waals surface area contributed by atoms with E-state index in [1.807, 2.05) is 0 Å². The number of benzene rings is 2. The molecule has 196 valence electrons. The molecule has 2 amide bonds. The number of amides is 2. The number of hydrogen-bond donors (Lipinski definition) is 2. The van der Waals surface area contributed by atoms with Crippen molar-refractivity contribution in [1.29, 1.82) is 0 Å². The second-order valence-corrected chi connectivity index (χ2v) is 11.0. The molecule has 2 bridgehead atoms. The molecular weight excluding hydrogens is 539 g/mol. The molecule has 0 radical (unpaired) electrons. The van der Waals surface area contributed by atoms with Crippen LogP contribution in [0.5, 0.6) is 11.5 Å². The average molecular weight is 559 g/mol. The van der Waals surface area contributed by atoms with Crippen molar-refractivity contribution in [3.05, 3.63) is 57.6 Å². The summed E-state index contributed by atoms with van der Waals surface area (Å²) in [7, 11) is 0. The summed E-state index contributed by atoms with van der Waals surface area (Å²) in [4.78, 5) is 62.4. The molecule has 0 spiro atoms. The summed E-state index contributed by atoms with van der Waals surface area (Å²) in [5.41, 5.74) is -0.516. The fraction of sp³-hybridized carbons (Fsp3) is 0.346. The Morgan fingerprint density at radius 1 is 0.789 bits per heavy atom. The van der Waals surface area contributed by atoms with Gasteiger partial charge in [-0.15, -0.1) is 0 Å². The van der Waals surface area contributed by atoms with Gasteiger partial charge in [0.25, 0.3) is 5.91 Å². The van der Waals surface area contributed by atoms with Gasteiger partial charge in [-0.2, -0.15) is 0 Å². The quantitative estimate of drug-likeness (QED) is 0.430. The predicted molar refractivity (Wildman–Crippen MR) is 132 cm³/mol. The van der Waals surface area contributed by atoms with E-state index in [4.69, 9.17) is 37.4 Å². The lowest BCUT2D eigenvalue weighted by Crippen LogP contribution is -2.84. The molecule has 2 aromatic carbocycles. The van der Waals surface area contributed by atoms with Gasteiger partial charge in [0.15, 0.2) is 17.7 Å². The van der Waals surface area contributed by atoms with Gasteiger partial charge < -0.3 is 24.8 Å². The number of carbonyl (C=O) groups excluding carboxylic acids is 5. The SMILES string of the molecule is O=C(NC12CC(NC(=O)C3CC(=O)c4cc(Cl)ccc4O3)(C1)C2)OC(=O)C1CC(=O)c2cc(Cl)ccc2O1. The molecule has 10 nitrogen and oxygen atoms in total. The van der Waals surface area contributed by atoms with Gasteiger partial charge in [-0.05, 0) is 55.7 Å². The number of ketones is 2. The minimum Gasteiger partial charge on any atom is -0.479 e. The summed E-state index contributed by atoms with van der Waals surface area (Å²) in [5.74, 6) is -1.46. The molecule has 0 saturated heterocycles. The van der Waals surface area contributed by atoms with E-state index >= 15 is 0 Å². The Morgan fingerprint density at radius 3 is 1.87 bits per heavy atom. The van der Waals surface area contributed by atoms with E-state index in [1.54, 1.807) is 12.1 Å². The van der Waals surface area contributed by atoms with Crippen LogP contribution >= 0.6 is 23.2 Å². The van der Waals surface area contributed by atoms with Gasteiger partial charge in [-0.3, -0.25) is 14.4 Å². The zero-order valence-electron chi connectivity index (χ0n) is 19.7. The maximum absolute atomic E-state index is 12.8. The molecule has 2 aliphatic heterocycles. The number of fused-ring (bicyclic) bond motifs is 2. The smallest absolute Gasteiger partial charge is 0.415 e. The lowest BCUT2D eigenvalue weighted by atomic mass is 9.44. The Bertz CT molecular complexity index is 1420. The van der Waals surface area contributed by atoms with E-state index in [0.717, 1.165) is 0 Å². The molecule has 38 heavy (non-hydrogen) atoms. The van der Waals surface area contributed by atoms with Crippen LogP contribution in [0.15, 0.2) is 36.4 Å². The van der Waals surface area contributed by atoms with Crippen LogP contribution in [-0.4, -0.2) is 52.8 Å². The normalized spacial score (nSPS) is 28.3. The van der Waals surface area contributed by atoms with Gasteiger partial charge in [0.1, 0.15) is 11.5 Å². The Hall–Kier alpha value is -3.63. The first kappa shape index (κ1) is 24.7. The Morgan fingerprint density at radius 2 is 1.29 bits per heavy atom. The van der Waals surface area contributed by atoms with Crippen LogP contribution in [0.1, 0.15) is 52.8 Å². The minimum atomic E-state index is -1.25. The van der Waals surface area contributed by atoms with Crippen molar-refractivity contribution in [2.45, 2.75) is 55.4 Å². The molecule has 2 aromatic rings. The first-order valence-electron chi connectivity index (χ1n) is 11.9. The average Bonchev–Trinajstić information content (AvgIpc) is 2.82. The molecule has 12 heteroatoms. The topological polar surface area (TPSA) is 137 Å². The number of carbonyl (C=O) groups is 5. The highest BCUT2D eigenvalue weighted by atomic mass is 35.5. The maximum atomic E-state index is 12.8. The molecule has 3 aliphatic carbocycles. The van der Waals surface area contributed by atoms with Crippen LogP contribution in [-0.2, 0) is 14.3 Å². The van der Waals surface area contributed by atoms with Gasteiger partial charge >= 0.3 is 12.1 Å². The van der Waals surface area contributed by atoms with E-state index < -0.39 is 41.3 Å². The van der Waals surface area contributed by atoms with Crippen molar-refractivity contribution in [2.75, 3.05) is 0 Å². The second kappa shape index (κ2) is 8.71. The largest absolute Gasteiger partial charge is 0.479 e. The van der Waals surface area contributed by atoms with Crippen molar-refractivity contribution < 1.29 is 38.2 Å². The summed E-state index contributed by atoms with van der Waals surface area (Å²) in [5, 5.41) is 6.39. The van der Waals surface area contributed by atoms with Crippen molar-refractivity contribution in [3.8, 4) is 11.5 Å². The summed E-state index contributed by atoms with van der Waals surface area (Å²) in [6.07, 6.45) is -2.23. The number of hydrogen-bond acceptors (Lipinski definition) is 8. The van der Waals surface area contributed by atoms with Gasteiger partial charge in [0, 0.05) is 15.6 Å². The number of halogens is 2. The summed E-state index contributed by atoms with van der Waals surface area (Å²) < 4.78 is 16.1. The van der Waals surface area contributed by atoms with E-state index in [0.29, 0.717) is 40.6 Å². The summed E-state index contributed by atoms with van der Waals surface area (Å²) in [6, 6.07) is 9.12. The number of esters is 1. The van der Waals surface area contributed by atoms with Crippen LogP contribution in [0.4, 0.5) is 4.79 Å². The molecule has 3 fully saturated rings. The van der Waals surface area contributed by atoms with Crippen molar-refractivity contribution in [1.82, 2.24) is 10.6 Å². The third kappa shape index (κ3) is 4.27. The first-order valence-corrected chi connectivity index (χ1v) is 12.6. The van der Waals surface area contributed by atoms with Crippen LogP contribution < -0.4 is 20.1 Å². The number of alkyl carbamates (subject to hydrolysis) is 1. The molecule has 2 atom stereocenters. The van der Waals surface area contributed by atoms with Crippen LogP contribution in [0.25, 0.3) is 0 Å². The third-order valence-corrected chi connectivity index (χ3v) is 7.77. The van der Waals surface area contributed by atoms with Gasteiger partial charge in [-0.25, -0.2) is 9.59 Å². The van der Waals surface area contributed by atoms with Crippen molar-refractivity contribution >= 4 is 52.7 Å². The van der Waals surface area contributed by atoms with Crippen molar-refractivity contribution in [3.63, 3.8) is 0 Å². The fourth-order valence-electron chi connectivity index (χ4n) is 5.66. The molecule has 3 saturated carbocycles. The standard InChI is InChI=1S/C26H20Cl2N2O8/c27-12-1-3-18-14(5-12)16(31)7-20(36-18)22(33)29-25-9-26(10-25,11-25)30-24(35)38-23(34)21-8-17(32)15-6-13(28)2-4-19(15)37-21/h1-6,20-21H,7-11H2,(H,29,33)(H,30,35). The lowest BCUT2D eigenvalue weighted by molar-refractivity contribution is -0.150. The van der Waals surface area contributed by atoms with Crippen LogP contribution in [0.3, 0.4) is 0 Å². The Balaban J connectivity index is 0.991. The zero-order chi connectivity index (χ0) is 26.8. The number of nitrogens with one attached hydrogen (secondary N) is 2. The van der Waals surface area contributed by atoms with Crippen LogP contribution in [0, 0.1) is 0 Å². The maximum Gasteiger partial charge on any atom is 0.415 e. The van der Waals surface area contributed by atoms with E-state index in [-0.39, 0.29) is 35.7 Å². The molecular formula is C26H20Cl2N2O8. The minimum absolute atomic E-state index is 0.101. The summed E-state index contributed by atoms with van der Waals surface area (Å²) >= 11 is 11.8. The lowest BCUT2D eigenvalue weighted by Gasteiger charge is -2.70. The highest BCUT2D eigenvalue weighted by molar-refractivity contribution is 6.31. The Labute approximate surface area is 225 Å². The van der Waals surface area contributed by atoms with E-state index in [9.17, 15) is 24.0 Å². The first-order chi connectivity index (χ1) is 18.0. The zero-order valence-corrected chi connectivity index (χ0v) is 21.2. The van der Waals surface area contributed by atoms with Crippen molar-refractivity contribution in [2.24, 2.45) is 0 Å². The van der Waals surface area contributed by atoms with Gasteiger partial charge in [-0.1, -0.05) is 23.2 Å². The van der Waals surface area contributed by atoms with E-state index in [2.05, 4.69) is 10.6 Å². The number of ether oxygens (including phenoxy) is 3. The number of Topliss-reactive ketones (excluding diaryl/α,β-unsaturated/α-hetero) is 2. The molecule has 2 heterocycles. The molecule has 5 aliphatic rings. The fourth-order valence-corrected chi connectivity index (χ4v) is 6.01. The van der Waals surface area contributed by atoms with Gasteiger partial charge in [0.2, 0.25) is 6.10 Å². The summed E-state index contributed by atoms with van der Waals surface area (Å²) in [6.45, 7) is 0. The van der Waals surface area contributed by atoms with E-state index in [1.165, 1.54) is 24.3 Å². The third-order valence-electron chi connectivity index (χ3n) is 7.30.